The highest BCUT2D eigenvalue weighted by atomic mass is 35.5. The van der Waals surface area contributed by atoms with E-state index in [1.165, 1.54) is 11.8 Å². The first-order valence-electron chi connectivity index (χ1n) is 5.89. The van der Waals surface area contributed by atoms with Crippen LogP contribution in [0.4, 0.5) is 13.2 Å². The number of aliphatic hydroxyl groups excluding tert-OH is 1. The maximum atomic E-state index is 12.6. The van der Waals surface area contributed by atoms with E-state index in [2.05, 4.69) is 4.98 Å². The summed E-state index contributed by atoms with van der Waals surface area (Å²) in [5.41, 5.74) is -0.360. The predicted octanol–water partition coefficient (Wildman–Crippen LogP) is 4.56. The molecule has 0 radical (unpaired) electrons. The van der Waals surface area contributed by atoms with E-state index in [9.17, 15) is 18.3 Å². The zero-order valence-electron chi connectivity index (χ0n) is 10.9. The molecular formula is C14H11ClF3NOS. The summed E-state index contributed by atoms with van der Waals surface area (Å²) >= 11 is 7.23. The lowest BCUT2D eigenvalue weighted by atomic mass is 10.0. The van der Waals surface area contributed by atoms with Gasteiger partial charge in [0.15, 0.2) is 0 Å². The fourth-order valence-corrected chi connectivity index (χ4v) is 2.75. The quantitative estimate of drug-likeness (QED) is 0.660. The third-order valence-corrected chi connectivity index (χ3v) is 4.01. The standard InChI is InChI=1S/C14H11ClF3NOS/c1-21-10-5-3-2-4-8(10)12(20)9-6-7-11(14(16,17)18)19-13(9)15/h2-7,12,20H,1H3. The highest BCUT2D eigenvalue weighted by Gasteiger charge is 2.33. The van der Waals surface area contributed by atoms with Crippen molar-refractivity contribution in [3.8, 4) is 0 Å². The topological polar surface area (TPSA) is 33.1 Å². The summed E-state index contributed by atoms with van der Waals surface area (Å²) < 4.78 is 37.7. The number of aliphatic hydroxyl groups is 1. The van der Waals surface area contributed by atoms with Crippen molar-refractivity contribution in [3.05, 3.63) is 58.4 Å². The van der Waals surface area contributed by atoms with Crippen LogP contribution in [-0.4, -0.2) is 16.3 Å². The number of thioether (sulfide) groups is 1. The molecule has 1 heterocycles. The van der Waals surface area contributed by atoms with Crippen LogP contribution >= 0.6 is 23.4 Å². The van der Waals surface area contributed by atoms with Crippen LogP contribution < -0.4 is 0 Å². The third kappa shape index (κ3) is 3.51. The van der Waals surface area contributed by atoms with Gasteiger partial charge in [0.05, 0.1) is 0 Å². The maximum Gasteiger partial charge on any atom is 0.433 e. The fourth-order valence-electron chi connectivity index (χ4n) is 1.87. The number of rotatable bonds is 3. The zero-order valence-corrected chi connectivity index (χ0v) is 12.4. The van der Waals surface area contributed by atoms with Crippen LogP contribution in [0, 0.1) is 0 Å². The van der Waals surface area contributed by atoms with Gasteiger partial charge in [0.25, 0.3) is 0 Å². The highest BCUT2D eigenvalue weighted by Crippen LogP contribution is 2.35. The number of halogens is 4. The molecule has 1 unspecified atom stereocenters. The van der Waals surface area contributed by atoms with Gasteiger partial charge in [-0.3, -0.25) is 0 Å². The summed E-state index contributed by atoms with van der Waals surface area (Å²) in [7, 11) is 0. The van der Waals surface area contributed by atoms with Crippen molar-refractivity contribution in [3.63, 3.8) is 0 Å². The number of pyridine rings is 1. The molecule has 21 heavy (non-hydrogen) atoms. The average Bonchev–Trinajstić information content (AvgIpc) is 2.45. The van der Waals surface area contributed by atoms with E-state index in [4.69, 9.17) is 11.6 Å². The minimum absolute atomic E-state index is 0.145. The summed E-state index contributed by atoms with van der Waals surface area (Å²) in [6.07, 6.45) is -3.85. The molecule has 0 aliphatic carbocycles. The highest BCUT2D eigenvalue weighted by molar-refractivity contribution is 7.98. The Bertz CT molecular complexity index is 648. The van der Waals surface area contributed by atoms with Gasteiger partial charge in [-0.05, 0) is 24.0 Å². The second-order valence-corrected chi connectivity index (χ2v) is 5.42. The number of hydrogen-bond donors (Lipinski definition) is 1. The molecule has 1 aromatic carbocycles. The first-order chi connectivity index (χ1) is 9.84. The molecule has 0 saturated carbocycles. The largest absolute Gasteiger partial charge is 0.433 e. The van der Waals surface area contributed by atoms with E-state index in [1.807, 2.05) is 18.4 Å². The van der Waals surface area contributed by atoms with Crippen molar-refractivity contribution < 1.29 is 18.3 Å². The van der Waals surface area contributed by atoms with Gasteiger partial charge in [0.1, 0.15) is 17.0 Å². The van der Waals surface area contributed by atoms with E-state index in [0.29, 0.717) is 5.56 Å². The Kier molecular flexibility index (Phi) is 4.81. The minimum atomic E-state index is -4.57. The molecule has 1 atom stereocenters. The van der Waals surface area contributed by atoms with Gasteiger partial charge in [-0.15, -0.1) is 11.8 Å². The molecule has 7 heteroatoms. The van der Waals surface area contributed by atoms with Crippen LogP contribution in [-0.2, 0) is 6.18 Å². The second-order valence-electron chi connectivity index (χ2n) is 4.22. The molecule has 0 amide bonds. The summed E-state index contributed by atoms with van der Waals surface area (Å²) in [6, 6.07) is 9.03. The molecule has 112 valence electrons. The van der Waals surface area contributed by atoms with Crippen LogP contribution in [0.15, 0.2) is 41.3 Å². The molecule has 0 aliphatic heterocycles. The van der Waals surface area contributed by atoms with E-state index < -0.39 is 18.0 Å². The van der Waals surface area contributed by atoms with Gasteiger partial charge in [0, 0.05) is 10.5 Å². The fraction of sp³-hybridized carbons (Fsp3) is 0.214. The zero-order chi connectivity index (χ0) is 15.6. The molecule has 2 aromatic rings. The lowest BCUT2D eigenvalue weighted by Crippen LogP contribution is -2.10. The Balaban J connectivity index is 2.42. The number of benzene rings is 1. The molecule has 0 spiro atoms. The number of nitrogens with zero attached hydrogens (tertiary/aromatic N) is 1. The Morgan fingerprint density at radius 3 is 2.38 bits per heavy atom. The molecular weight excluding hydrogens is 323 g/mol. The Labute approximate surface area is 129 Å². The lowest BCUT2D eigenvalue weighted by molar-refractivity contribution is -0.141. The first kappa shape index (κ1) is 16.1. The van der Waals surface area contributed by atoms with Crippen LogP contribution in [0.5, 0.6) is 0 Å². The SMILES string of the molecule is CSc1ccccc1C(O)c1ccc(C(F)(F)F)nc1Cl. The number of alkyl halides is 3. The molecule has 2 rings (SSSR count). The lowest BCUT2D eigenvalue weighted by Gasteiger charge is -2.16. The van der Waals surface area contributed by atoms with Gasteiger partial charge in [-0.2, -0.15) is 13.2 Å². The summed E-state index contributed by atoms with van der Waals surface area (Å²) in [4.78, 5) is 4.14. The number of aromatic nitrogens is 1. The number of hydrogen-bond acceptors (Lipinski definition) is 3. The van der Waals surface area contributed by atoms with Gasteiger partial charge < -0.3 is 5.11 Å². The molecule has 0 saturated heterocycles. The molecule has 2 nitrogen and oxygen atoms in total. The van der Waals surface area contributed by atoms with E-state index >= 15 is 0 Å². The monoisotopic (exact) mass is 333 g/mol. The Morgan fingerprint density at radius 2 is 1.81 bits per heavy atom. The van der Waals surface area contributed by atoms with Crippen molar-refractivity contribution in [2.45, 2.75) is 17.2 Å². The molecule has 0 bridgehead atoms. The van der Waals surface area contributed by atoms with Crippen LogP contribution in [0.2, 0.25) is 5.15 Å². The van der Waals surface area contributed by atoms with E-state index in [-0.39, 0.29) is 10.7 Å². The van der Waals surface area contributed by atoms with E-state index in [0.717, 1.165) is 17.0 Å². The van der Waals surface area contributed by atoms with Gasteiger partial charge in [-0.25, -0.2) is 4.98 Å². The normalized spacial score (nSPS) is 13.2. The van der Waals surface area contributed by atoms with Crippen LogP contribution in [0.1, 0.15) is 22.9 Å². The van der Waals surface area contributed by atoms with Crippen molar-refractivity contribution in [2.24, 2.45) is 0 Å². The third-order valence-electron chi connectivity index (χ3n) is 2.90. The van der Waals surface area contributed by atoms with Crippen molar-refractivity contribution in [1.29, 1.82) is 0 Å². The minimum Gasteiger partial charge on any atom is -0.384 e. The molecule has 0 fully saturated rings. The van der Waals surface area contributed by atoms with Crippen molar-refractivity contribution in [1.82, 2.24) is 4.98 Å². The maximum absolute atomic E-state index is 12.6. The summed E-state index contributed by atoms with van der Waals surface area (Å²) in [5.74, 6) is 0. The summed E-state index contributed by atoms with van der Waals surface area (Å²) in [6.45, 7) is 0. The molecule has 1 N–H and O–H groups in total. The average molecular weight is 334 g/mol. The summed E-state index contributed by atoms with van der Waals surface area (Å²) in [5, 5.41) is 10.0. The van der Waals surface area contributed by atoms with Crippen molar-refractivity contribution in [2.75, 3.05) is 6.26 Å². The Morgan fingerprint density at radius 1 is 1.14 bits per heavy atom. The van der Waals surface area contributed by atoms with Crippen LogP contribution in [0.25, 0.3) is 0 Å². The second kappa shape index (κ2) is 6.25. The van der Waals surface area contributed by atoms with Crippen LogP contribution in [0.3, 0.4) is 0 Å². The van der Waals surface area contributed by atoms with Gasteiger partial charge in [0.2, 0.25) is 0 Å². The molecule has 0 aliphatic rings. The van der Waals surface area contributed by atoms with Gasteiger partial charge >= 0.3 is 6.18 Å². The predicted molar refractivity (Wildman–Crippen MR) is 76.5 cm³/mol. The van der Waals surface area contributed by atoms with Gasteiger partial charge in [-0.1, -0.05) is 35.9 Å². The Hall–Kier alpha value is -1.24. The smallest absolute Gasteiger partial charge is 0.384 e. The first-order valence-corrected chi connectivity index (χ1v) is 7.49. The van der Waals surface area contributed by atoms with Crippen molar-refractivity contribution >= 4 is 23.4 Å². The van der Waals surface area contributed by atoms with E-state index in [1.54, 1.807) is 12.1 Å². The molecule has 1 aromatic heterocycles.